The minimum Gasteiger partial charge on any atom is -0.451 e. The van der Waals surface area contributed by atoms with Crippen LogP contribution >= 0.6 is 0 Å². The molecule has 1 aromatic rings. The lowest BCUT2D eigenvalue weighted by molar-refractivity contribution is 0.452. The number of hydrogen-bond donors (Lipinski definition) is 2. The zero-order valence-electron chi connectivity index (χ0n) is 7.40. The second-order valence-electron chi connectivity index (χ2n) is 2.83. The Labute approximate surface area is 81.2 Å². The van der Waals surface area contributed by atoms with Crippen molar-refractivity contribution in [3.8, 4) is 5.75 Å². The van der Waals surface area contributed by atoms with E-state index in [4.69, 9.17) is 15.9 Å². The summed E-state index contributed by atoms with van der Waals surface area (Å²) in [5, 5.41) is 7.24. The van der Waals surface area contributed by atoms with Gasteiger partial charge in [0.15, 0.2) is 11.6 Å². The first-order chi connectivity index (χ1) is 6.77. The molecule has 0 saturated carbocycles. The van der Waals surface area contributed by atoms with E-state index >= 15 is 0 Å². The van der Waals surface area contributed by atoms with E-state index in [1.807, 2.05) is 24.3 Å². The number of para-hydroxylation sites is 1. The predicted octanol–water partition coefficient (Wildman–Crippen LogP) is 1.28. The van der Waals surface area contributed by atoms with Crippen LogP contribution in [0.3, 0.4) is 0 Å². The largest absolute Gasteiger partial charge is 0.451 e. The van der Waals surface area contributed by atoms with Crippen LogP contribution in [0.25, 0.3) is 0 Å². The van der Waals surface area contributed by atoms with Crippen LogP contribution in [0.1, 0.15) is 5.56 Å². The highest BCUT2D eigenvalue weighted by Gasteiger charge is 2.09. The third kappa shape index (κ3) is 1.50. The molecule has 0 aliphatic carbocycles. The highest BCUT2D eigenvalue weighted by Crippen LogP contribution is 2.20. The van der Waals surface area contributed by atoms with Crippen molar-refractivity contribution in [3.05, 3.63) is 41.8 Å². The Balaban J connectivity index is 2.42. The number of nitrogens with two attached hydrogens (primary N) is 1. The van der Waals surface area contributed by atoms with Gasteiger partial charge in [-0.15, -0.1) is 0 Å². The molecule has 1 aromatic carbocycles. The molecule has 1 aliphatic rings. The van der Waals surface area contributed by atoms with Gasteiger partial charge in [0.1, 0.15) is 5.75 Å². The molecule has 0 radical (unpaired) electrons. The molecule has 0 amide bonds. The standard InChI is InChI=1S/C10H9N3O/c11-10(12)9-6-13-5-7-3-1-2-4-8(7)14-9/h1-6H,(H3,11,12). The molecule has 2 rings (SSSR count). The maximum Gasteiger partial charge on any atom is 0.187 e. The lowest BCUT2D eigenvalue weighted by atomic mass is 10.2. The van der Waals surface area contributed by atoms with Gasteiger partial charge in [0.05, 0.1) is 6.20 Å². The second kappa shape index (κ2) is 3.33. The van der Waals surface area contributed by atoms with Gasteiger partial charge >= 0.3 is 0 Å². The molecule has 4 nitrogen and oxygen atoms in total. The van der Waals surface area contributed by atoms with Crippen LogP contribution in [-0.4, -0.2) is 12.1 Å². The van der Waals surface area contributed by atoms with E-state index in [1.54, 1.807) is 6.21 Å². The molecule has 70 valence electrons. The highest BCUT2D eigenvalue weighted by atomic mass is 16.5. The van der Waals surface area contributed by atoms with E-state index in [1.165, 1.54) is 6.20 Å². The number of nitrogens with zero attached hydrogens (tertiary/aromatic N) is 1. The Kier molecular flexibility index (Phi) is 2.02. The summed E-state index contributed by atoms with van der Waals surface area (Å²) in [5.41, 5.74) is 6.18. The van der Waals surface area contributed by atoms with E-state index < -0.39 is 0 Å². The monoisotopic (exact) mass is 187 g/mol. The molecule has 1 aliphatic heterocycles. The SMILES string of the molecule is N=C(N)C1=CN=Cc2ccccc2O1. The summed E-state index contributed by atoms with van der Waals surface area (Å²) in [5.74, 6) is 0.806. The summed E-state index contributed by atoms with van der Waals surface area (Å²) in [6.45, 7) is 0. The number of benzene rings is 1. The van der Waals surface area contributed by atoms with Gasteiger partial charge in [-0.05, 0) is 12.1 Å². The number of rotatable bonds is 1. The fraction of sp³-hybridized carbons (Fsp3) is 0. The van der Waals surface area contributed by atoms with Crippen LogP contribution in [0, 0.1) is 5.41 Å². The fourth-order valence-electron chi connectivity index (χ4n) is 1.13. The van der Waals surface area contributed by atoms with Gasteiger partial charge < -0.3 is 10.5 Å². The topological polar surface area (TPSA) is 71.5 Å². The van der Waals surface area contributed by atoms with Gasteiger partial charge in [-0.1, -0.05) is 12.1 Å². The van der Waals surface area contributed by atoms with Crippen molar-refractivity contribution in [1.82, 2.24) is 0 Å². The average molecular weight is 187 g/mol. The van der Waals surface area contributed by atoms with Crippen molar-refractivity contribution in [2.75, 3.05) is 0 Å². The van der Waals surface area contributed by atoms with Gasteiger partial charge in [-0.2, -0.15) is 0 Å². The van der Waals surface area contributed by atoms with E-state index in [9.17, 15) is 0 Å². The lowest BCUT2D eigenvalue weighted by Crippen LogP contribution is -2.17. The van der Waals surface area contributed by atoms with Crippen LogP contribution in [0.5, 0.6) is 5.75 Å². The number of fused-ring (bicyclic) bond motifs is 1. The highest BCUT2D eigenvalue weighted by molar-refractivity contribution is 5.94. The summed E-state index contributed by atoms with van der Waals surface area (Å²) in [7, 11) is 0. The summed E-state index contributed by atoms with van der Waals surface area (Å²) < 4.78 is 5.40. The zero-order valence-corrected chi connectivity index (χ0v) is 7.40. The predicted molar refractivity (Wildman–Crippen MR) is 54.7 cm³/mol. The van der Waals surface area contributed by atoms with E-state index in [2.05, 4.69) is 4.99 Å². The number of ether oxygens (including phenoxy) is 1. The van der Waals surface area contributed by atoms with Crippen molar-refractivity contribution in [2.24, 2.45) is 10.7 Å². The van der Waals surface area contributed by atoms with Gasteiger partial charge in [-0.3, -0.25) is 10.4 Å². The van der Waals surface area contributed by atoms with Crippen LogP contribution in [0.2, 0.25) is 0 Å². The first-order valence-corrected chi connectivity index (χ1v) is 4.12. The Morgan fingerprint density at radius 1 is 1.36 bits per heavy atom. The van der Waals surface area contributed by atoms with Crippen molar-refractivity contribution >= 4 is 12.1 Å². The van der Waals surface area contributed by atoms with E-state index in [0.717, 1.165) is 5.56 Å². The van der Waals surface area contributed by atoms with Gasteiger partial charge in [-0.25, -0.2) is 0 Å². The quantitative estimate of drug-likeness (QED) is 0.513. The average Bonchev–Trinajstić information content (AvgIpc) is 2.39. The molecule has 0 atom stereocenters. The normalized spacial score (nSPS) is 13.6. The number of aliphatic imine (C=N–C) groups is 1. The molecular formula is C10H9N3O. The van der Waals surface area contributed by atoms with Crippen molar-refractivity contribution < 1.29 is 4.74 Å². The molecule has 0 saturated heterocycles. The Morgan fingerprint density at radius 3 is 2.93 bits per heavy atom. The maximum absolute atomic E-state index is 7.24. The van der Waals surface area contributed by atoms with Crippen molar-refractivity contribution in [2.45, 2.75) is 0 Å². The number of amidine groups is 1. The number of nitrogens with one attached hydrogen (secondary N) is 1. The molecule has 4 heteroatoms. The van der Waals surface area contributed by atoms with Crippen LogP contribution in [0.4, 0.5) is 0 Å². The van der Waals surface area contributed by atoms with Gasteiger partial charge in [0, 0.05) is 11.8 Å². The zero-order chi connectivity index (χ0) is 9.97. The minimum atomic E-state index is -0.126. The van der Waals surface area contributed by atoms with Crippen molar-refractivity contribution in [1.29, 1.82) is 5.41 Å². The van der Waals surface area contributed by atoms with E-state index in [-0.39, 0.29) is 11.6 Å². The lowest BCUT2D eigenvalue weighted by Gasteiger charge is -2.07. The first kappa shape index (κ1) is 8.50. The first-order valence-electron chi connectivity index (χ1n) is 4.12. The Morgan fingerprint density at radius 2 is 2.14 bits per heavy atom. The molecule has 0 spiro atoms. The fourth-order valence-corrected chi connectivity index (χ4v) is 1.13. The minimum absolute atomic E-state index is 0.126. The molecule has 0 aromatic heterocycles. The second-order valence-corrected chi connectivity index (χ2v) is 2.83. The summed E-state index contributed by atoms with van der Waals surface area (Å²) in [4.78, 5) is 3.98. The van der Waals surface area contributed by atoms with Crippen LogP contribution < -0.4 is 10.5 Å². The summed E-state index contributed by atoms with van der Waals surface area (Å²) in [6.07, 6.45) is 3.10. The third-order valence-corrected chi connectivity index (χ3v) is 1.81. The van der Waals surface area contributed by atoms with Crippen LogP contribution in [0.15, 0.2) is 41.2 Å². The van der Waals surface area contributed by atoms with Gasteiger partial charge in [0.2, 0.25) is 0 Å². The van der Waals surface area contributed by atoms with E-state index in [0.29, 0.717) is 5.75 Å². The molecular weight excluding hydrogens is 178 g/mol. The maximum atomic E-state index is 7.24. The molecule has 1 heterocycles. The van der Waals surface area contributed by atoms with Gasteiger partial charge in [0.25, 0.3) is 0 Å². The van der Waals surface area contributed by atoms with Crippen LogP contribution in [-0.2, 0) is 0 Å². The smallest absolute Gasteiger partial charge is 0.187 e. The molecule has 14 heavy (non-hydrogen) atoms. The molecule has 0 bridgehead atoms. The third-order valence-electron chi connectivity index (χ3n) is 1.81. The summed E-state index contributed by atoms with van der Waals surface area (Å²) in [6, 6.07) is 7.45. The Bertz CT molecular complexity index is 435. The van der Waals surface area contributed by atoms with Crippen molar-refractivity contribution in [3.63, 3.8) is 0 Å². The molecule has 3 N–H and O–H groups in total. The Hall–Kier alpha value is -2.10. The molecule has 0 fully saturated rings. The molecule has 0 unspecified atom stereocenters. The number of hydrogen-bond acceptors (Lipinski definition) is 3. The summed E-state index contributed by atoms with van der Waals surface area (Å²) >= 11 is 0.